The summed E-state index contributed by atoms with van der Waals surface area (Å²) in [5, 5.41) is 12.9. The molecule has 2 aliphatic heterocycles. The van der Waals surface area contributed by atoms with Gasteiger partial charge in [-0.1, -0.05) is 0 Å². The third-order valence-electron chi connectivity index (χ3n) is 5.62. The topological polar surface area (TPSA) is 75.1 Å². The number of rotatable bonds is 3. The monoisotopic (exact) mass is 367 g/mol. The first-order valence-corrected chi connectivity index (χ1v) is 9.67. The third kappa shape index (κ3) is 2.50. The average molecular weight is 367 g/mol. The average Bonchev–Trinajstić information content (AvgIpc) is 3.39. The number of ether oxygens (including phenoxy) is 1. The van der Waals surface area contributed by atoms with Crippen molar-refractivity contribution in [2.24, 2.45) is 0 Å². The Morgan fingerprint density at radius 2 is 2.19 bits per heavy atom. The van der Waals surface area contributed by atoms with Gasteiger partial charge in [-0.2, -0.15) is 14.9 Å². The van der Waals surface area contributed by atoms with E-state index in [0.717, 1.165) is 55.4 Å². The Hall–Kier alpha value is -2.61. The second-order valence-corrected chi connectivity index (χ2v) is 7.64. The molecule has 142 valence electrons. The number of anilines is 2. The van der Waals surface area contributed by atoms with E-state index in [4.69, 9.17) is 9.72 Å². The zero-order valence-corrected chi connectivity index (χ0v) is 16.0. The molecule has 3 aromatic rings. The van der Waals surface area contributed by atoms with E-state index in [-0.39, 0.29) is 0 Å². The quantitative estimate of drug-likeness (QED) is 0.764. The lowest BCUT2D eigenvalue weighted by Gasteiger charge is -2.35. The lowest BCUT2D eigenvalue weighted by molar-refractivity contribution is 0.0985. The number of H-pyrrole nitrogens is 1. The third-order valence-corrected chi connectivity index (χ3v) is 5.62. The van der Waals surface area contributed by atoms with Crippen molar-refractivity contribution in [1.82, 2.24) is 25.0 Å². The molecule has 1 atom stereocenters. The summed E-state index contributed by atoms with van der Waals surface area (Å²) in [6.45, 7) is 10.1. The number of fused-ring (bicyclic) bond motifs is 3. The fourth-order valence-electron chi connectivity index (χ4n) is 4.29. The molecule has 0 bridgehead atoms. The van der Waals surface area contributed by atoms with E-state index in [1.54, 1.807) is 0 Å². The van der Waals surface area contributed by atoms with Crippen molar-refractivity contribution >= 4 is 22.5 Å². The molecule has 0 aromatic carbocycles. The molecule has 5 rings (SSSR count). The zero-order valence-electron chi connectivity index (χ0n) is 16.0. The predicted octanol–water partition coefficient (Wildman–Crippen LogP) is 2.14. The lowest BCUT2D eigenvalue weighted by Crippen LogP contribution is -2.44. The van der Waals surface area contributed by atoms with E-state index in [2.05, 4.69) is 45.9 Å². The maximum atomic E-state index is 5.66. The van der Waals surface area contributed by atoms with Crippen LogP contribution < -0.4 is 9.80 Å². The van der Waals surface area contributed by atoms with Gasteiger partial charge in [-0.3, -0.25) is 5.10 Å². The fraction of sp³-hybridized carbons (Fsp3) is 0.526. The fourth-order valence-corrected chi connectivity index (χ4v) is 4.29. The van der Waals surface area contributed by atoms with Crippen molar-refractivity contribution in [2.75, 3.05) is 36.1 Å². The molecule has 1 N–H and O–H groups in total. The van der Waals surface area contributed by atoms with Crippen LogP contribution in [-0.2, 0) is 11.2 Å². The van der Waals surface area contributed by atoms with Gasteiger partial charge >= 0.3 is 0 Å². The van der Waals surface area contributed by atoms with Crippen LogP contribution in [0.5, 0.6) is 0 Å². The number of aromatic nitrogens is 5. The highest BCUT2D eigenvalue weighted by molar-refractivity contribution is 5.96. The molecule has 8 heteroatoms. The molecular weight excluding hydrogens is 342 g/mol. The Kier molecular flexibility index (Phi) is 3.82. The number of aromatic amines is 1. The molecule has 0 unspecified atom stereocenters. The van der Waals surface area contributed by atoms with Crippen LogP contribution in [0.4, 0.5) is 11.5 Å². The summed E-state index contributed by atoms with van der Waals surface area (Å²) >= 11 is 0. The minimum Gasteiger partial charge on any atom is -0.377 e. The van der Waals surface area contributed by atoms with Crippen molar-refractivity contribution in [1.29, 1.82) is 0 Å². The van der Waals surface area contributed by atoms with Gasteiger partial charge in [-0.05, 0) is 27.2 Å². The molecule has 0 radical (unpaired) electrons. The first kappa shape index (κ1) is 16.6. The molecule has 0 amide bonds. The number of nitrogens with zero attached hydrogens (tertiary/aromatic N) is 6. The number of hydrogen-bond donors (Lipinski definition) is 1. The van der Waals surface area contributed by atoms with Gasteiger partial charge < -0.3 is 14.5 Å². The van der Waals surface area contributed by atoms with Gasteiger partial charge in [0.25, 0.3) is 0 Å². The Morgan fingerprint density at radius 1 is 1.30 bits per heavy atom. The summed E-state index contributed by atoms with van der Waals surface area (Å²) in [5.74, 6) is 1.83. The predicted molar refractivity (Wildman–Crippen MR) is 105 cm³/mol. The largest absolute Gasteiger partial charge is 0.377 e. The van der Waals surface area contributed by atoms with Crippen molar-refractivity contribution in [3.63, 3.8) is 0 Å². The molecule has 2 aliphatic rings. The van der Waals surface area contributed by atoms with Crippen molar-refractivity contribution in [3.8, 4) is 5.82 Å². The van der Waals surface area contributed by atoms with Gasteiger partial charge in [0.05, 0.1) is 36.5 Å². The molecule has 1 saturated heterocycles. The van der Waals surface area contributed by atoms with Crippen LogP contribution in [0.1, 0.15) is 26.3 Å². The number of hydrogen-bond acceptors (Lipinski definition) is 6. The second-order valence-electron chi connectivity index (χ2n) is 7.64. The molecule has 5 heterocycles. The molecule has 0 spiro atoms. The van der Waals surface area contributed by atoms with E-state index in [1.165, 1.54) is 11.3 Å². The van der Waals surface area contributed by atoms with Crippen molar-refractivity contribution in [3.05, 3.63) is 24.0 Å². The minimum absolute atomic E-state index is 0.308. The van der Waals surface area contributed by atoms with Gasteiger partial charge in [0.2, 0.25) is 0 Å². The van der Waals surface area contributed by atoms with Crippen molar-refractivity contribution < 1.29 is 4.74 Å². The number of nitrogens with one attached hydrogen (secondary N) is 1. The van der Waals surface area contributed by atoms with Crippen molar-refractivity contribution in [2.45, 2.75) is 39.3 Å². The molecule has 8 nitrogen and oxygen atoms in total. The normalized spacial score (nSPS) is 20.1. The van der Waals surface area contributed by atoms with Crippen LogP contribution in [0, 0.1) is 0 Å². The highest BCUT2D eigenvalue weighted by atomic mass is 16.5. The van der Waals surface area contributed by atoms with E-state index in [1.807, 2.05) is 23.1 Å². The van der Waals surface area contributed by atoms with Crippen LogP contribution in [0.25, 0.3) is 16.9 Å². The van der Waals surface area contributed by atoms with E-state index >= 15 is 0 Å². The van der Waals surface area contributed by atoms with Crippen LogP contribution in [0.2, 0.25) is 0 Å². The maximum absolute atomic E-state index is 5.66. The van der Waals surface area contributed by atoms with Gasteiger partial charge in [0, 0.05) is 37.0 Å². The Balaban J connectivity index is 1.76. The number of pyridine rings is 1. The highest BCUT2D eigenvalue weighted by Crippen LogP contribution is 2.42. The second kappa shape index (κ2) is 6.23. The summed E-state index contributed by atoms with van der Waals surface area (Å²) in [7, 11) is 0. The zero-order chi connectivity index (χ0) is 18.5. The summed E-state index contributed by atoms with van der Waals surface area (Å²) in [5.41, 5.74) is 3.49. The molecule has 3 aromatic heterocycles. The first-order valence-electron chi connectivity index (χ1n) is 9.67. The SMILES string of the molecule is CC(C)N1CCc2c(N3CCOC[C@H]3C)nc3c(cnn3-c3cc[nH]n3)c21. The Labute approximate surface area is 158 Å². The molecular formula is C19H25N7O. The smallest absolute Gasteiger partial charge is 0.177 e. The van der Waals surface area contributed by atoms with Gasteiger partial charge in [-0.15, -0.1) is 0 Å². The molecule has 0 saturated carbocycles. The Morgan fingerprint density at radius 3 is 2.93 bits per heavy atom. The highest BCUT2D eigenvalue weighted by Gasteiger charge is 2.33. The minimum atomic E-state index is 0.308. The standard InChI is InChI=1S/C19H25N7O/c1-12(2)24-7-5-14-17(24)15-10-21-26(16-4-6-20-23-16)19(15)22-18(14)25-8-9-27-11-13(25)3/h4,6,10,12-13H,5,7-9,11H2,1-3H3,(H,20,23)/t13-/m1/s1. The van der Waals surface area contributed by atoms with Gasteiger partial charge in [-0.25, -0.2) is 4.98 Å². The summed E-state index contributed by atoms with van der Waals surface area (Å²) < 4.78 is 7.49. The van der Waals surface area contributed by atoms with Crippen LogP contribution >= 0.6 is 0 Å². The van der Waals surface area contributed by atoms with Gasteiger partial charge in [0.1, 0.15) is 5.82 Å². The summed E-state index contributed by atoms with van der Waals surface area (Å²) in [6.07, 6.45) is 4.76. The van der Waals surface area contributed by atoms with Crippen LogP contribution in [-0.4, -0.2) is 63.3 Å². The van der Waals surface area contributed by atoms with E-state index in [9.17, 15) is 0 Å². The van der Waals surface area contributed by atoms with Crippen LogP contribution in [0.3, 0.4) is 0 Å². The molecule has 1 fully saturated rings. The number of morpholine rings is 1. The maximum Gasteiger partial charge on any atom is 0.177 e. The summed E-state index contributed by atoms with van der Waals surface area (Å²) in [4.78, 5) is 9.99. The van der Waals surface area contributed by atoms with E-state index in [0.29, 0.717) is 12.1 Å². The van der Waals surface area contributed by atoms with E-state index < -0.39 is 0 Å². The lowest BCUT2D eigenvalue weighted by atomic mass is 10.1. The first-order chi connectivity index (χ1) is 13.1. The Bertz CT molecular complexity index is 962. The molecule has 27 heavy (non-hydrogen) atoms. The summed E-state index contributed by atoms with van der Waals surface area (Å²) in [6, 6.07) is 2.65. The van der Waals surface area contributed by atoms with Crippen LogP contribution in [0.15, 0.2) is 18.5 Å². The molecule has 0 aliphatic carbocycles. The van der Waals surface area contributed by atoms with Gasteiger partial charge in [0.15, 0.2) is 11.5 Å².